The van der Waals surface area contributed by atoms with E-state index in [4.69, 9.17) is 23.7 Å². The number of nitrogens with zero attached hydrogens (tertiary/aromatic N) is 1. The van der Waals surface area contributed by atoms with Crippen LogP contribution in [0.2, 0.25) is 0 Å². The van der Waals surface area contributed by atoms with Gasteiger partial charge in [0.25, 0.3) is 0 Å². The fraction of sp³-hybridized carbons (Fsp3) is 0.686. The summed E-state index contributed by atoms with van der Waals surface area (Å²) in [6.07, 6.45) is 8.86. The van der Waals surface area contributed by atoms with Crippen molar-refractivity contribution < 1.29 is 33.6 Å². The number of carbonyl (C=O) groups excluding carboxylic acids is 7. The van der Waals surface area contributed by atoms with E-state index in [0.717, 1.165) is 0 Å². The first-order valence-electron chi connectivity index (χ1n) is 18.6. The number of thioether (sulfide) groups is 1. The fourth-order valence-electron chi connectivity index (χ4n) is 5.46. The first kappa shape index (κ1) is 48.7. The number of aromatic amines is 1. The smallest absolute Gasteiger partial charge is 0.243 e. The standard InChI is InChI=1S/C35H61N11O7S2/c1-22(47)39-16-9-6-12-28(32(50)43-26(31(37)49)14-18-55-4)44-34(52)29(13-7-10-17-40-24(3)54)45-33(51)27(11-5-8-15-36)46-35(53)30(42-23(2)48)19-25-20-38-21-41-25/h20-21,26-30H,5-19,36H2,1-4H3,(H2,37,49)(H,38,41)(H,39,47)(H,40,54)(H,42,48)(H,43,50)(H,44,52)(H,45,51)(H,46,53)/t26-,27-,28-,29-,30-/m0/s1. The average molecular weight is 812 g/mol. The molecule has 0 spiro atoms. The highest BCUT2D eigenvalue weighted by Crippen LogP contribution is 2.10. The number of H-pyrrole nitrogens is 1. The van der Waals surface area contributed by atoms with Gasteiger partial charge < -0.3 is 53.7 Å². The van der Waals surface area contributed by atoms with Crippen LogP contribution in [-0.2, 0) is 40.0 Å². The molecule has 0 saturated heterocycles. The number of hydrogen-bond donors (Lipinski definition) is 10. The van der Waals surface area contributed by atoms with Crippen molar-refractivity contribution in [2.24, 2.45) is 11.5 Å². The molecule has 0 aromatic carbocycles. The highest BCUT2D eigenvalue weighted by molar-refractivity contribution is 7.98. The highest BCUT2D eigenvalue weighted by atomic mass is 32.2. The number of carbonyl (C=O) groups is 7. The third kappa shape index (κ3) is 22.0. The maximum absolute atomic E-state index is 14.0. The number of amides is 7. The lowest BCUT2D eigenvalue weighted by Crippen LogP contribution is -2.59. The van der Waals surface area contributed by atoms with Crippen LogP contribution in [-0.4, -0.2) is 118 Å². The number of thiocarbonyl (C=S) groups is 1. The van der Waals surface area contributed by atoms with Gasteiger partial charge in [0.2, 0.25) is 41.4 Å². The number of primary amides is 1. The molecule has 1 rings (SSSR count). The molecular formula is C35H61N11O7S2. The van der Waals surface area contributed by atoms with E-state index in [1.54, 1.807) is 6.92 Å². The predicted octanol–water partition coefficient (Wildman–Crippen LogP) is -0.823. The molecule has 0 radical (unpaired) electrons. The SMILES string of the molecule is CSCC[C@H](NC(=O)[C@H](CCCCNC(C)=O)NC(=O)[C@H](CCCCNC(C)=S)NC(=O)[C@H](CCCCN)NC(=O)[C@H](Cc1cnc[nH]1)NC(C)=O)C(N)=O. The lowest BCUT2D eigenvalue weighted by molar-refractivity contribution is -0.135. The Morgan fingerprint density at radius 1 is 0.691 bits per heavy atom. The minimum atomic E-state index is -1.12. The maximum atomic E-state index is 14.0. The number of hydrogen-bond acceptors (Lipinski definition) is 11. The predicted molar refractivity (Wildman–Crippen MR) is 215 cm³/mol. The zero-order valence-electron chi connectivity index (χ0n) is 32.4. The summed E-state index contributed by atoms with van der Waals surface area (Å²) in [7, 11) is 0. The first-order valence-corrected chi connectivity index (χ1v) is 20.4. The van der Waals surface area contributed by atoms with Crippen molar-refractivity contribution in [3.8, 4) is 0 Å². The molecule has 1 heterocycles. The van der Waals surface area contributed by atoms with Crippen LogP contribution in [0.4, 0.5) is 0 Å². The minimum absolute atomic E-state index is 0.0883. The largest absolute Gasteiger partial charge is 0.380 e. The number of nitrogens with one attached hydrogen (secondary N) is 8. The Bertz CT molecular complexity index is 1380. The summed E-state index contributed by atoms with van der Waals surface area (Å²) in [4.78, 5) is 97.9. The monoisotopic (exact) mass is 811 g/mol. The Labute approximate surface area is 333 Å². The van der Waals surface area contributed by atoms with E-state index < -0.39 is 65.7 Å². The van der Waals surface area contributed by atoms with Gasteiger partial charge in [-0.25, -0.2) is 4.98 Å². The Hall–Kier alpha value is -4.30. The third-order valence-electron chi connectivity index (χ3n) is 8.38. The van der Waals surface area contributed by atoms with E-state index >= 15 is 0 Å². The minimum Gasteiger partial charge on any atom is -0.380 e. The lowest BCUT2D eigenvalue weighted by Gasteiger charge is -2.27. The Balaban J connectivity index is 3.33. The summed E-state index contributed by atoms with van der Waals surface area (Å²) >= 11 is 6.57. The topological polar surface area (TPSA) is 284 Å². The summed E-state index contributed by atoms with van der Waals surface area (Å²) < 4.78 is 0. The average Bonchev–Trinajstić information content (AvgIpc) is 3.63. The highest BCUT2D eigenvalue weighted by Gasteiger charge is 2.32. The van der Waals surface area contributed by atoms with Crippen molar-refractivity contribution in [3.63, 3.8) is 0 Å². The molecule has 1 aromatic rings. The van der Waals surface area contributed by atoms with Crippen LogP contribution >= 0.6 is 24.0 Å². The summed E-state index contributed by atoms with van der Waals surface area (Å²) in [6.45, 7) is 5.69. The molecule has 12 N–H and O–H groups in total. The van der Waals surface area contributed by atoms with Gasteiger partial charge in [0, 0.05) is 45.2 Å². The first-order chi connectivity index (χ1) is 26.2. The van der Waals surface area contributed by atoms with Crippen LogP contribution in [0.25, 0.3) is 0 Å². The third-order valence-corrected chi connectivity index (χ3v) is 9.16. The molecule has 310 valence electrons. The van der Waals surface area contributed by atoms with E-state index in [1.807, 2.05) is 6.26 Å². The van der Waals surface area contributed by atoms with E-state index in [0.29, 0.717) is 81.0 Å². The van der Waals surface area contributed by atoms with Crippen LogP contribution in [0.3, 0.4) is 0 Å². The zero-order chi connectivity index (χ0) is 41.2. The van der Waals surface area contributed by atoms with Crippen molar-refractivity contribution in [1.29, 1.82) is 0 Å². The molecule has 55 heavy (non-hydrogen) atoms. The van der Waals surface area contributed by atoms with Crippen molar-refractivity contribution in [1.82, 2.24) is 47.2 Å². The van der Waals surface area contributed by atoms with Gasteiger partial charge in [-0.15, -0.1) is 0 Å². The zero-order valence-corrected chi connectivity index (χ0v) is 34.1. The second kappa shape index (κ2) is 28.2. The number of unbranched alkanes of at least 4 members (excludes halogenated alkanes) is 3. The van der Waals surface area contributed by atoms with E-state index in [9.17, 15) is 33.6 Å². The summed E-state index contributed by atoms with van der Waals surface area (Å²) in [5.74, 6) is -3.30. The van der Waals surface area contributed by atoms with Gasteiger partial charge in [0.15, 0.2) is 0 Å². The van der Waals surface area contributed by atoms with Crippen LogP contribution in [0, 0.1) is 0 Å². The Morgan fingerprint density at radius 2 is 1.18 bits per heavy atom. The molecular weight excluding hydrogens is 751 g/mol. The van der Waals surface area contributed by atoms with Gasteiger partial charge in [0.05, 0.1) is 11.3 Å². The second-order valence-corrected chi connectivity index (χ2v) is 14.8. The molecule has 20 heteroatoms. The van der Waals surface area contributed by atoms with Crippen LogP contribution in [0.5, 0.6) is 0 Å². The fourth-order valence-corrected chi connectivity index (χ4v) is 6.03. The normalized spacial score (nSPS) is 13.5. The molecule has 5 atom stereocenters. The number of rotatable bonds is 29. The molecule has 0 unspecified atom stereocenters. The van der Waals surface area contributed by atoms with Gasteiger partial charge >= 0.3 is 0 Å². The maximum Gasteiger partial charge on any atom is 0.243 e. The Kier molecular flexibility index (Phi) is 24.9. The molecule has 0 aliphatic rings. The summed E-state index contributed by atoms with van der Waals surface area (Å²) in [5.41, 5.74) is 11.9. The van der Waals surface area contributed by atoms with Crippen molar-refractivity contribution in [2.75, 3.05) is 31.6 Å². The van der Waals surface area contributed by atoms with Crippen LogP contribution < -0.4 is 48.7 Å². The molecule has 0 bridgehead atoms. The van der Waals surface area contributed by atoms with Gasteiger partial charge in [-0.05, 0) is 89.7 Å². The summed E-state index contributed by atoms with van der Waals surface area (Å²) in [6, 6.07) is -5.29. The molecule has 0 saturated carbocycles. The van der Waals surface area contributed by atoms with Crippen molar-refractivity contribution in [3.05, 3.63) is 18.2 Å². The van der Waals surface area contributed by atoms with Gasteiger partial charge in [-0.1, -0.05) is 12.2 Å². The number of imidazole rings is 1. The van der Waals surface area contributed by atoms with Gasteiger partial charge in [-0.2, -0.15) is 11.8 Å². The molecule has 1 aromatic heterocycles. The van der Waals surface area contributed by atoms with Crippen LogP contribution in [0.15, 0.2) is 12.5 Å². The van der Waals surface area contributed by atoms with Crippen molar-refractivity contribution >= 4 is 70.3 Å². The quantitative estimate of drug-likeness (QED) is 0.0351. The Morgan fingerprint density at radius 3 is 1.60 bits per heavy atom. The van der Waals surface area contributed by atoms with E-state index in [-0.39, 0.29) is 31.6 Å². The molecule has 0 fully saturated rings. The molecule has 7 amide bonds. The molecule has 0 aliphatic carbocycles. The summed E-state index contributed by atoms with van der Waals surface area (Å²) in [5, 5.41) is 19.3. The van der Waals surface area contributed by atoms with Gasteiger partial charge in [0.1, 0.15) is 30.2 Å². The van der Waals surface area contributed by atoms with E-state index in [1.165, 1.54) is 38.1 Å². The van der Waals surface area contributed by atoms with Crippen LogP contribution in [0.1, 0.15) is 90.7 Å². The molecule has 18 nitrogen and oxygen atoms in total. The van der Waals surface area contributed by atoms with E-state index in [2.05, 4.69) is 47.2 Å². The van der Waals surface area contributed by atoms with Crippen molar-refractivity contribution in [2.45, 2.75) is 122 Å². The lowest BCUT2D eigenvalue weighted by atomic mass is 10.0. The second-order valence-electron chi connectivity index (χ2n) is 13.2. The molecule has 0 aliphatic heterocycles. The number of nitrogens with two attached hydrogens (primary N) is 2. The number of aromatic nitrogens is 2. The van der Waals surface area contributed by atoms with Gasteiger partial charge in [-0.3, -0.25) is 33.6 Å².